The van der Waals surface area contributed by atoms with Crippen molar-refractivity contribution < 1.29 is 4.84 Å². The molecule has 0 radical (unpaired) electrons. The van der Waals surface area contributed by atoms with E-state index in [1.165, 1.54) is 0 Å². The Bertz CT molecular complexity index is 29.3. The molecular formula is C4H10N2O. The smallest absolute Gasteiger partial charge is 0.0700 e. The van der Waals surface area contributed by atoms with E-state index >= 15 is 0 Å². The highest BCUT2D eigenvalue weighted by Gasteiger charge is 1.92. The van der Waals surface area contributed by atoms with Gasteiger partial charge in [-0.2, -0.15) is 5.48 Å². The van der Waals surface area contributed by atoms with Gasteiger partial charge in [0.25, 0.3) is 0 Å². The lowest BCUT2D eigenvalue weighted by molar-refractivity contribution is 0.0510. The molecule has 0 unspecified atom stereocenters. The molecule has 0 aromatic carbocycles. The molecule has 2 N–H and O–H groups in total. The molecule has 0 aliphatic carbocycles. The van der Waals surface area contributed by atoms with Crippen LogP contribution in [0.1, 0.15) is 6.42 Å². The van der Waals surface area contributed by atoms with Crippen molar-refractivity contribution in [3.63, 3.8) is 0 Å². The largest absolute Gasteiger partial charge is 0.303 e. The molecular weight excluding hydrogens is 92.1 g/mol. The summed E-state index contributed by atoms with van der Waals surface area (Å²) in [4.78, 5) is 4.88. The fourth-order valence-corrected chi connectivity index (χ4v) is 0.532. The number of hydrogen-bond acceptors (Lipinski definition) is 3. The lowest BCUT2D eigenvalue weighted by atomic mass is 10.5. The normalized spacial score (nSPS) is 24.0. The Morgan fingerprint density at radius 3 is 3.43 bits per heavy atom. The molecule has 0 atom stereocenters. The molecule has 3 heteroatoms. The summed E-state index contributed by atoms with van der Waals surface area (Å²) in [6.07, 6.45) is 1.10. The van der Waals surface area contributed by atoms with E-state index in [0.29, 0.717) is 0 Å². The van der Waals surface area contributed by atoms with E-state index in [0.717, 1.165) is 26.2 Å². The molecule has 0 spiro atoms. The van der Waals surface area contributed by atoms with E-state index in [1.807, 2.05) is 0 Å². The van der Waals surface area contributed by atoms with E-state index < -0.39 is 0 Å². The van der Waals surface area contributed by atoms with Crippen LogP contribution in [0.5, 0.6) is 0 Å². The fraction of sp³-hybridized carbons (Fsp3) is 1.00. The van der Waals surface area contributed by atoms with Crippen molar-refractivity contribution in [1.29, 1.82) is 0 Å². The number of hydroxylamine groups is 1. The van der Waals surface area contributed by atoms with Crippen molar-refractivity contribution >= 4 is 0 Å². The van der Waals surface area contributed by atoms with Gasteiger partial charge in [-0.25, -0.2) is 0 Å². The maximum Gasteiger partial charge on any atom is 0.0700 e. The zero-order chi connectivity index (χ0) is 4.95. The molecule has 0 bridgehead atoms. The number of rotatable bonds is 0. The van der Waals surface area contributed by atoms with Crippen molar-refractivity contribution in [2.24, 2.45) is 0 Å². The van der Waals surface area contributed by atoms with Gasteiger partial charge in [-0.1, -0.05) is 0 Å². The molecule has 1 rings (SSSR count). The second kappa shape index (κ2) is 2.96. The van der Waals surface area contributed by atoms with Gasteiger partial charge in [0, 0.05) is 0 Å². The monoisotopic (exact) mass is 102 g/mol. The Kier molecular flexibility index (Phi) is 2.12. The lowest BCUT2D eigenvalue weighted by Gasteiger charge is -1.95. The van der Waals surface area contributed by atoms with Gasteiger partial charge >= 0.3 is 0 Å². The zero-order valence-corrected chi connectivity index (χ0v) is 4.24. The first-order valence-electron chi connectivity index (χ1n) is 2.55. The van der Waals surface area contributed by atoms with E-state index in [9.17, 15) is 0 Å². The number of hydrogen-bond donors (Lipinski definition) is 2. The van der Waals surface area contributed by atoms with Crippen LogP contribution in [0.2, 0.25) is 0 Å². The van der Waals surface area contributed by atoms with Crippen LogP contribution in [0, 0.1) is 0 Å². The molecule has 0 aromatic rings. The van der Waals surface area contributed by atoms with Gasteiger partial charge < -0.3 is 10.2 Å². The third-order valence-corrected chi connectivity index (χ3v) is 0.899. The van der Waals surface area contributed by atoms with E-state index in [1.54, 1.807) is 0 Å². The van der Waals surface area contributed by atoms with Gasteiger partial charge in [0.1, 0.15) is 0 Å². The number of nitrogens with one attached hydrogen (secondary N) is 2. The third kappa shape index (κ3) is 1.87. The summed E-state index contributed by atoms with van der Waals surface area (Å²) in [5, 5.41) is 3.11. The molecule has 7 heavy (non-hydrogen) atoms. The first-order valence-corrected chi connectivity index (χ1v) is 2.55. The average molecular weight is 102 g/mol. The minimum atomic E-state index is 0.778. The quantitative estimate of drug-likeness (QED) is 0.431. The molecule has 0 aromatic heterocycles. The Morgan fingerprint density at radius 1 is 1.43 bits per heavy atom. The molecule has 42 valence electrons. The summed E-state index contributed by atoms with van der Waals surface area (Å²) in [7, 11) is 0. The molecule has 1 heterocycles. The first kappa shape index (κ1) is 5.03. The van der Waals surface area contributed by atoms with Gasteiger partial charge in [0.05, 0.1) is 13.3 Å². The van der Waals surface area contributed by atoms with Gasteiger partial charge in [-0.3, -0.25) is 0 Å². The Morgan fingerprint density at radius 2 is 2.43 bits per heavy atom. The summed E-state index contributed by atoms with van der Waals surface area (Å²) in [5.74, 6) is 0. The van der Waals surface area contributed by atoms with Crippen molar-refractivity contribution in [2.75, 3.05) is 19.8 Å². The summed E-state index contributed by atoms with van der Waals surface area (Å²) in [6, 6.07) is 0. The SMILES string of the molecule is C1CNCNOC1. The van der Waals surface area contributed by atoms with Crippen molar-refractivity contribution in [3.8, 4) is 0 Å². The fourth-order valence-electron chi connectivity index (χ4n) is 0.532. The van der Waals surface area contributed by atoms with Crippen molar-refractivity contribution in [1.82, 2.24) is 10.8 Å². The van der Waals surface area contributed by atoms with Crippen LogP contribution < -0.4 is 10.8 Å². The van der Waals surface area contributed by atoms with E-state index in [4.69, 9.17) is 4.84 Å². The zero-order valence-electron chi connectivity index (χ0n) is 4.24. The van der Waals surface area contributed by atoms with Crippen molar-refractivity contribution in [3.05, 3.63) is 0 Å². The van der Waals surface area contributed by atoms with Crippen LogP contribution in [0.15, 0.2) is 0 Å². The van der Waals surface area contributed by atoms with E-state index in [2.05, 4.69) is 10.8 Å². The van der Waals surface area contributed by atoms with Crippen LogP contribution in [0.25, 0.3) is 0 Å². The maximum atomic E-state index is 4.88. The summed E-state index contributed by atoms with van der Waals surface area (Å²) in [6.45, 7) is 2.67. The van der Waals surface area contributed by atoms with Crippen LogP contribution in [0.3, 0.4) is 0 Å². The van der Waals surface area contributed by atoms with Crippen LogP contribution in [0.4, 0.5) is 0 Å². The van der Waals surface area contributed by atoms with Crippen molar-refractivity contribution in [2.45, 2.75) is 6.42 Å². The second-order valence-corrected chi connectivity index (χ2v) is 1.52. The Balaban J connectivity index is 2.04. The average Bonchev–Trinajstić information content (AvgIpc) is 1.90. The molecule has 1 saturated heterocycles. The summed E-state index contributed by atoms with van der Waals surface area (Å²) in [5.41, 5.74) is 2.74. The summed E-state index contributed by atoms with van der Waals surface area (Å²) < 4.78 is 0. The molecule has 0 amide bonds. The minimum Gasteiger partial charge on any atom is -0.303 e. The van der Waals surface area contributed by atoms with Crippen LogP contribution >= 0.6 is 0 Å². The summed E-state index contributed by atoms with van der Waals surface area (Å²) >= 11 is 0. The maximum absolute atomic E-state index is 4.88. The Labute approximate surface area is 43.0 Å². The lowest BCUT2D eigenvalue weighted by Crippen LogP contribution is -2.24. The van der Waals surface area contributed by atoms with Gasteiger partial charge in [0.2, 0.25) is 0 Å². The van der Waals surface area contributed by atoms with Gasteiger partial charge in [0.15, 0.2) is 0 Å². The standard InChI is InChI=1S/C4H10N2O/c1-2-5-4-6-7-3-1/h5-6H,1-4H2. The first-order chi connectivity index (χ1) is 3.50. The van der Waals surface area contributed by atoms with Gasteiger partial charge in [-0.15, -0.1) is 0 Å². The molecule has 0 saturated carbocycles. The highest BCUT2D eigenvalue weighted by atomic mass is 16.6. The molecule has 1 aliphatic rings. The second-order valence-electron chi connectivity index (χ2n) is 1.52. The highest BCUT2D eigenvalue weighted by molar-refractivity contribution is 4.44. The van der Waals surface area contributed by atoms with E-state index in [-0.39, 0.29) is 0 Å². The topological polar surface area (TPSA) is 33.3 Å². The molecule has 1 aliphatic heterocycles. The van der Waals surface area contributed by atoms with Crippen LogP contribution in [-0.4, -0.2) is 19.8 Å². The predicted octanol–water partition coefficient (Wildman–Crippen LogP) is -0.542. The van der Waals surface area contributed by atoms with Gasteiger partial charge in [-0.05, 0) is 13.0 Å². The Hall–Kier alpha value is -0.120. The molecule has 1 fully saturated rings. The minimum absolute atomic E-state index is 0.778. The third-order valence-electron chi connectivity index (χ3n) is 0.899. The highest BCUT2D eigenvalue weighted by Crippen LogP contribution is 1.79. The van der Waals surface area contributed by atoms with Crippen LogP contribution in [-0.2, 0) is 4.84 Å². The predicted molar refractivity (Wildman–Crippen MR) is 26.6 cm³/mol. The molecule has 3 nitrogen and oxygen atoms in total.